The molecule has 20 heavy (non-hydrogen) atoms. The molecular weight excluding hydrogens is 254 g/mol. The average Bonchev–Trinajstić information content (AvgIpc) is 2.84. The van der Waals surface area contributed by atoms with Gasteiger partial charge in [0.15, 0.2) is 6.61 Å². The summed E-state index contributed by atoms with van der Waals surface area (Å²) in [7, 11) is 0. The normalized spacial score (nSPS) is 10.3. The van der Waals surface area contributed by atoms with Gasteiger partial charge in [-0.3, -0.25) is 4.79 Å². The molecule has 0 saturated heterocycles. The van der Waals surface area contributed by atoms with Crippen molar-refractivity contribution in [3.05, 3.63) is 47.5 Å². The Morgan fingerprint density at radius 1 is 1.30 bits per heavy atom. The summed E-state index contributed by atoms with van der Waals surface area (Å²) >= 11 is 0. The minimum absolute atomic E-state index is 0.0328. The van der Waals surface area contributed by atoms with Crippen molar-refractivity contribution in [1.29, 1.82) is 0 Å². The minimum Gasteiger partial charge on any atom is -0.484 e. The Morgan fingerprint density at radius 3 is 2.70 bits per heavy atom. The number of nitrogens with zero attached hydrogens (tertiary/aromatic N) is 1. The van der Waals surface area contributed by atoms with Gasteiger partial charge in [0.05, 0.1) is 0 Å². The van der Waals surface area contributed by atoms with Crippen LogP contribution in [-0.2, 0) is 11.2 Å². The van der Waals surface area contributed by atoms with Crippen LogP contribution >= 0.6 is 0 Å². The largest absolute Gasteiger partial charge is 0.484 e. The van der Waals surface area contributed by atoms with E-state index in [1.165, 1.54) is 0 Å². The first-order valence-electron chi connectivity index (χ1n) is 6.60. The van der Waals surface area contributed by atoms with E-state index in [1.54, 1.807) is 6.20 Å². The van der Waals surface area contributed by atoms with Crippen LogP contribution in [0.1, 0.15) is 17.1 Å². The molecule has 1 aromatic heterocycles. The van der Waals surface area contributed by atoms with E-state index in [1.807, 2.05) is 38.1 Å². The van der Waals surface area contributed by atoms with E-state index in [0.717, 1.165) is 23.5 Å². The lowest BCUT2D eigenvalue weighted by molar-refractivity contribution is -0.123. The van der Waals surface area contributed by atoms with Crippen LogP contribution in [0, 0.1) is 13.8 Å². The number of imidazole rings is 1. The number of hydrogen-bond acceptors (Lipinski definition) is 3. The summed E-state index contributed by atoms with van der Waals surface area (Å²) in [5.74, 6) is 1.46. The maximum absolute atomic E-state index is 11.6. The number of hydrogen-bond donors (Lipinski definition) is 2. The molecule has 106 valence electrons. The third-order valence-electron chi connectivity index (χ3n) is 2.86. The highest BCUT2D eigenvalue weighted by atomic mass is 16.5. The Bertz CT molecular complexity index is 561. The number of aromatic amines is 1. The summed E-state index contributed by atoms with van der Waals surface area (Å²) in [6, 6.07) is 7.62. The lowest BCUT2D eigenvalue weighted by Crippen LogP contribution is -2.30. The van der Waals surface area contributed by atoms with Crippen LogP contribution in [0.3, 0.4) is 0 Å². The van der Waals surface area contributed by atoms with Crippen molar-refractivity contribution in [1.82, 2.24) is 15.3 Å². The van der Waals surface area contributed by atoms with Gasteiger partial charge in [-0.05, 0) is 26.0 Å². The fraction of sp³-hybridized carbons (Fsp3) is 0.333. The molecule has 2 rings (SSSR count). The summed E-state index contributed by atoms with van der Waals surface area (Å²) in [4.78, 5) is 18.8. The molecule has 0 unspecified atom stereocenters. The lowest BCUT2D eigenvalue weighted by Gasteiger charge is -2.07. The number of benzene rings is 1. The molecule has 5 nitrogen and oxygen atoms in total. The second-order valence-electron chi connectivity index (χ2n) is 4.70. The van der Waals surface area contributed by atoms with E-state index < -0.39 is 0 Å². The van der Waals surface area contributed by atoms with Gasteiger partial charge in [-0.15, -0.1) is 0 Å². The number of aromatic nitrogens is 2. The minimum atomic E-state index is -0.123. The average molecular weight is 273 g/mol. The third-order valence-corrected chi connectivity index (χ3v) is 2.86. The summed E-state index contributed by atoms with van der Waals surface area (Å²) < 4.78 is 5.40. The molecule has 0 bridgehead atoms. The fourth-order valence-electron chi connectivity index (χ4n) is 1.77. The van der Waals surface area contributed by atoms with Crippen molar-refractivity contribution in [2.75, 3.05) is 13.2 Å². The SMILES string of the molecule is Cc1ccc(OCC(=O)NCCc2cnc(C)[nH]2)cc1. The monoisotopic (exact) mass is 273 g/mol. The highest BCUT2D eigenvalue weighted by Crippen LogP contribution is 2.10. The Hall–Kier alpha value is -2.30. The van der Waals surface area contributed by atoms with E-state index in [9.17, 15) is 4.79 Å². The Labute approximate surface area is 118 Å². The number of carbonyl (C=O) groups is 1. The zero-order valence-corrected chi connectivity index (χ0v) is 11.8. The van der Waals surface area contributed by atoms with Crippen molar-refractivity contribution >= 4 is 5.91 Å². The quantitative estimate of drug-likeness (QED) is 0.843. The smallest absolute Gasteiger partial charge is 0.257 e. The first-order chi connectivity index (χ1) is 9.63. The van der Waals surface area contributed by atoms with Gasteiger partial charge in [0, 0.05) is 24.9 Å². The summed E-state index contributed by atoms with van der Waals surface area (Å²) in [6.07, 6.45) is 2.52. The summed E-state index contributed by atoms with van der Waals surface area (Å²) in [5, 5.41) is 2.81. The molecule has 1 heterocycles. The fourth-order valence-corrected chi connectivity index (χ4v) is 1.77. The van der Waals surface area contributed by atoms with Crippen LogP contribution in [0.5, 0.6) is 5.75 Å². The second-order valence-corrected chi connectivity index (χ2v) is 4.70. The third kappa shape index (κ3) is 4.42. The Balaban J connectivity index is 1.66. The zero-order valence-electron chi connectivity index (χ0n) is 11.8. The number of rotatable bonds is 6. The zero-order chi connectivity index (χ0) is 14.4. The number of H-pyrrole nitrogens is 1. The van der Waals surface area contributed by atoms with Crippen molar-refractivity contribution in [2.45, 2.75) is 20.3 Å². The molecule has 0 atom stereocenters. The molecule has 0 radical (unpaired) electrons. The topological polar surface area (TPSA) is 67.0 Å². The van der Waals surface area contributed by atoms with Crippen molar-refractivity contribution in [3.63, 3.8) is 0 Å². The van der Waals surface area contributed by atoms with Crippen LogP contribution in [0.25, 0.3) is 0 Å². The van der Waals surface area contributed by atoms with E-state index in [4.69, 9.17) is 4.74 Å². The number of carbonyl (C=O) groups excluding carboxylic acids is 1. The van der Waals surface area contributed by atoms with Gasteiger partial charge in [0.25, 0.3) is 5.91 Å². The summed E-state index contributed by atoms with van der Waals surface area (Å²) in [6.45, 7) is 4.51. The number of amides is 1. The molecule has 0 aliphatic carbocycles. The molecule has 0 saturated carbocycles. The van der Waals surface area contributed by atoms with Crippen molar-refractivity contribution in [3.8, 4) is 5.75 Å². The van der Waals surface area contributed by atoms with Gasteiger partial charge in [-0.2, -0.15) is 0 Å². The lowest BCUT2D eigenvalue weighted by atomic mass is 10.2. The molecule has 1 aromatic carbocycles. The van der Waals surface area contributed by atoms with Crippen molar-refractivity contribution < 1.29 is 9.53 Å². The van der Waals surface area contributed by atoms with Gasteiger partial charge < -0.3 is 15.0 Å². The maximum Gasteiger partial charge on any atom is 0.257 e. The first-order valence-corrected chi connectivity index (χ1v) is 6.60. The molecular formula is C15H19N3O2. The molecule has 0 aliphatic heterocycles. The summed E-state index contributed by atoms with van der Waals surface area (Å²) in [5.41, 5.74) is 2.18. The number of ether oxygens (including phenoxy) is 1. The molecule has 0 fully saturated rings. The predicted octanol–water partition coefficient (Wildman–Crippen LogP) is 1.76. The number of nitrogens with one attached hydrogen (secondary N) is 2. The molecule has 5 heteroatoms. The standard InChI is InChI=1S/C15H19N3O2/c1-11-3-5-14(6-4-11)20-10-15(19)16-8-7-13-9-17-12(2)18-13/h3-6,9H,7-8,10H2,1-2H3,(H,16,19)(H,17,18). The molecule has 1 amide bonds. The van der Waals surface area contributed by atoms with E-state index in [2.05, 4.69) is 15.3 Å². The van der Waals surface area contributed by atoms with Gasteiger partial charge in [0.2, 0.25) is 0 Å². The molecule has 0 spiro atoms. The van der Waals surface area contributed by atoms with Gasteiger partial charge in [0.1, 0.15) is 11.6 Å². The predicted molar refractivity (Wildman–Crippen MR) is 76.7 cm³/mol. The highest BCUT2D eigenvalue weighted by molar-refractivity contribution is 5.77. The van der Waals surface area contributed by atoms with Crippen LogP contribution in [0.4, 0.5) is 0 Å². The van der Waals surface area contributed by atoms with Crippen LogP contribution in [0.15, 0.2) is 30.5 Å². The van der Waals surface area contributed by atoms with Crippen LogP contribution in [0.2, 0.25) is 0 Å². The van der Waals surface area contributed by atoms with Crippen LogP contribution < -0.4 is 10.1 Å². The first kappa shape index (κ1) is 14.1. The van der Waals surface area contributed by atoms with Gasteiger partial charge in [-0.25, -0.2) is 4.98 Å². The van der Waals surface area contributed by atoms with Gasteiger partial charge >= 0.3 is 0 Å². The maximum atomic E-state index is 11.6. The molecule has 2 aromatic rings. The van der Waals surface area contributed by atoms with Crippen LogP contribution in [-0.4, -0.2) is 29.0 Å². The van der Waals surface area contributed by atoms with E-state index in [-0.39, 0.29) is 12.5 Å². The Morgan fingerprint density at radius 2 is 2.05 bits per heavy atom. The molecule has 2 N–H and O–H groups in total. The molecule has 0 aliphatic rings. The number of aryl methyl sites for hydroxylation is 2. The second kappa shape index (κ2) is 6.75. The Kier molecular flexibility index (Phi) is 4.76. The van der Waals surface area contributed by atoms with Crippen molar-refractivity contribution in [2.24, 2.45) is 0 Å². The van der Waals surface area contributed by atoms with E-state index in [0.29, 0.717) is 12.3 Å². The highest BCUT2D eigenvalue weighted by Gasteiger charge is 2.03. The van der Waals surface area contributed by atoms with E-state index >= 15 is 0 Å². The van der Waals surface area contributed by atoms with Gasteiger partial charge in [-0.1, -0.05) is 17.7 Å².